The molecule has 9 heteroatoms. The van der Waals surface area contributed by atoms with Gasteiger partial charge in [-0.2, -0.15) is 0 Å². The molecule has 0 bridgehead atoms. The Morgan fingerprint density at radius 1 is 1.35 bits per heavy atom. The van der Waals surface area contributed by atoms with Crippen LogP contribution in [0.5, 0.6) is 0 Å². The van der Waals surface area contributed by atoms with Gasteiger partial charge >= 0.3 is 0 Å². The fourth-order valence-corrected chi connectivity index (χ4v) is 5.44. The number of sulfonamides is 1. The molecule has 0 spiro atoms. The van der Waals surface area contributed by atoms with Crippen molar-refractivity contribution in [3.8, 4) is 0 Å². The number of rotatable bonds is 4. The van der Waals surface area contributed by atoms with E-state index in [9.17, 15) is 8.42 Å². The largest absolute Gasteiger partial charge is 0.248 e. The smallest absolute Gasteiger partial charge is 0.244 e. The molecule has 108 valence electrons. The van der Waals surface area contributed by atoms with E-state index in [4.69, 9.17) is 23.2 Å². The number of hydrogen-bond acceptors (Lipinski definition) is 4. The van der Waals surface area contributed by atoms with Gasteiger partial charge in [-0.15, -0.1) is 11.3 Å². The Morgan fingerprint density at radius 2 is 1.95 bits per heavy atom. The van der Waals surface area contributed by atoms with Gasteiger partial charge in [-0.3, -0.25) is 0 Å². The van der Waals surface area contributed by atoms with Gasteiger partial charge < -0.3 is 0 Å². The highest BCUT2D eigenvalue weighted by Crippen LogP contribution is 2.33. The maximum absolute atomic E-state index is 12.4. The summed E-state index contributed by atoms with van der Waals surface area (Å²) in [4.78, 5) is 3.94. The van der Waals surface area contributed by atoms with Crippen LogP contribution in [-0.4, -0.2) is 13.4 Å². The summed E-state index contributed by atoms with van der Waals surface area (Å²) in [5.41, 5.74) is 0. The van der Waals surface area contributed by atoms with Crippen LogP contribution in [0, 0.1) is 0 Å². The molecule has 1 unspecified atom stereocenters. The highest BCUT2D eigenvalue weighted by Gasteiger charge is 2.25. The van der Waals surface area contributed by atoms with Crippen LogP contribution in [0.4, 0.5) is 0 Å². The minimum atomic E-state index is -3.83. The van der Waals surface area contributed by atoms with E-state index >= 15 is 0 Å². The minimum Gasteiger partial charge on any atom is -0.248 e. The second-order valence-corrected chi connectivity index (χ2v) is 8.22. The first kappa shape index (κ1) is 16.2. The molecule has 0 radical (unpaired) electrons. The first-order valence-corrected chi connectivity index (χ1v) is 9.28. The molecule has 1 aromatic heterocycles. The lowest BCUT2D eigenvalue weighted by Gasteiger charge is -2.14. The van der Waals surface area contributed by atoms with Gasteiger partial charge in [0.25, 0.3) is 0 Å². The summed E-state index contributed by atoms with van der Waals surface area (Å²) < 4.78 is 27.9. The quantitative estimate of drug-likeness (QED) is 0.811. The third kappa shape index (κ3) is 3.52. The lowest BCUT2D eigenvalue weighted by atomic mass is 10.4. The number of halogens is 3. The van der Waals surface area contributed by atoms with E-state index in [1.807, 2.05) is 0 Å². The van der Waals surface area contributed by atoms with Gasteiger partial charge in [0.1, 0.15) is 9.90 Å². The molecule has 1 atom stereocenters. The normalized spacial score (nSPS) is 13.4. The van der Waals surface area contributed by atoms with Crippen molar-refractivity contribution >= 4 is 60.5 Å². The van der Waals surface area contributed by atoms with Crippen molar-refractivity contribution in [3.63, 3.8) is 0 Å². The SMILES string of the molecule is CC(NS(=O)(=O)c1c(Cl)cc(Br)cc1Cl)c1nccs1. The Bertz CT molecular complexity index is 697. The van der Waals surface area contributed by atoms with E-state index in [0.29, 0.717) is 9.48 Å². The Balaban J connectivity index is 2.37. The van der Waals surface area contributed by atoms with Crippen LogP contribution in [0.2, 0.25) is 10.0 Å². The molecule has 0 aliphatic carbocycles. The van der Waals surface area contributed by atoms with Crippen molar-refractivity contribution in [1.82, 2.24) is 9.71 Å². The van der Waals surface area contributed by atoms with E-state index in [0.717, 1.165) is 0 Å². The molecule has 1 aromatic carbocycles. The van der Waals surface area contributed by atoms with E-state index in [2.05, 4.69) is 25.6 Å². The average Bonchev–Trinajstić information content (AvgIpc) is 2.78. The van der Waals surface area contributed by atoms with E-state index in [1.165, 1.54) is 23.5 Å². The predicted octanol–water partition coefficient (Wildman–Crippen LogP) is 4.25. The lowest BCUT2D eigenvalue weighted by Crippen LogP contribution is -2.27. The minimum absolute atomic E-state index is 0.0585. The van der Waals surface area contributed by atoms with Crippen molar-refractivity contribution in [1.29, 1.82) is 0 Å². The number of thiazole rings is 1. The molecule has 1 N–H and O–H groups in total. The average molecular weight is 416 g/mol. The second-order valence-electron chi connectivity index (χ2n) is 3.91. The van der Waals surface area contributed by atoms with Crippen LogP contribution in [0.1, 0.15) is 18.0 Å². The first-order valence-electron chi connectivity index (χ1n) is 5.37. The monoisotopic (exact) mass is 414 g/mol. The second kappa shape index (κ2) is 6.29. The molecule has 0 saturated heterocycles. The standard InChI is InChI=1S/C11H9BrCl2N2O2S2/c1-6(11-15-2-3-19-11)16-20(17,18)10-8(13)4-7(12)5-9(10)14/h2-6,16H,1H3. The molecule has 0 amide bonds. The van der Waals surface area contributed by atoms with Crippen molar-refractivity contribution in [2.75, 3.05) is 0 Å². The molecule has 2 aromatic rings. The van der Waals surface area contributed by atoms with Crippen LogP contribution in [-0.2, 0) is 10.0 Å². The molecule has 2 rings (SSSR count). The Hall–Kier alpha value is -0.180. The fraction of sp³-hybridized carbons (Fsp3) is 0.182. The van der Waals surface area contributed by atoms with Crippen LogP contribution in [0.3, 0.4) is 0 Å². The number of nitrogens with zero attached hydrogens (tertiary/aromatic N) is 1. The topological polar surface area (TPSA) is 59.1 Å². The summed E-state index contributed by atoms with van der Waals surface area (Å²) in [7, 11) is -3.83. The molecule has 0 aliphatic rings. The summed E-state index contributed by atoms with van der Waals surface area (Å²) in [6.45, 7) is 1.71. The number of hydrogen-bond donors (Lipinski definition) is 1. The van der Waals surface area contributed by atoms with Crippen LogP contribution in [0.25, 0.3) is 0 Å². The van der Waals surface area contributed by atoms with Crippen LogP contribution in [0.15, 0.2) is 33.1 Å². The van der Waals surface area contributed by atoms with Gasteiger partial charge in [-0.05, 0) is 19.1 Å². The van der Waals surface area contributed by atoms with Gasteiger partial charge in [0, 0.05) is 16.0 Å². The van der Waals surface area contributed by atoms with Crippen molar-refractivity contribution in [2.45, 2.75) is 17.9 Å². The number of aromatic nitrogens is 1. The Kier molecular flexibility index (Phi) is 5.09. The molecule has 4 nitrogen and oxygen atoms in total. The maximum atomic E-state index is 12.4. The number of benzene rings is 1. The highest BCUT2D eigenvalue weighted by molar-refractivity contribution is 9.10. The molecule has 0 fully saturated rings. The third-order valence-electron chi connectivity index (χ3n) is 2.39. The third-order valence-corrected chi connectivity index (χ3v) is 6.26. The summed E-state index contributed by atoms with van der Waals surface area (Å²) in [5, 5.41) is 2.56. The molecule has 0 saturated carbocycles. The van der Waals surface area contributed by atoms with Crippen molar-refractivity contribution < 1.29 is 8.42 Å². The summed E-state index contributed by atoms with van der Waals surface area (Å²) in [5.74, 6) is 0. The molecular weight excluding hydrogens is 407 g/mol. The van der Waals surface area contributed by atoms with E-state index in [-0.39, 0.29) is 14.9 Å². The summed E-state index contributed by atoms with van der Waals surface area (Å²) >= 11 is 16.5. The first-order chi connectivity index (χ1) is 9.31. The molecule has 0 aliphatic heterocycles. The fourth-order valence-electron chi connectivity index (χ4n) is 1.58. The maximum Gasteiger partial charge on any atom is 0.244 e. The molecule has 20 heavy (non-hydrogen) atoms. The zero-order valence-corrected chi connectivity index (χ0v) is 14.8. The Labute approximate surface area is 139 Å². The van der Waals surface area contributed by atoms with Gasteiger partial charge in [0.05, 0.1) is 16.1 Å². The van der Waals surface area contributed by atoms with E-state index < -0.39 is 16.1 Å². The van der Waals surface area contributed by atoms with Crippen LogP contribution < -0.4 is 4.72 Å². The van der Waals surface area contributed by atoms with Crippen molar-refractivity contribution in [2.24, 2.45) is 0 Å². The van der Waals surface area contributed by atoms with Gasteiger partial charge in [0.2, 0.25) is 10.0 Å². The lowest BCUT2D eigenvalue weighted by molar-refractivity contribution is 0.566. The van der Waals surface area contributed by atoms with Crippen molar-refractivity contribution in [3.05, 3.63) is 43.2 Å². The summed E-state index contributed by atoms with van der Waals surface area (Å²) in [6.07, 6.45) is 1.62. The highest BCUT2D eigenvalue weighted by atomic mass is 79.9. The predicted molar refractivity (Wildman–Crippen MR) is 85.0 cm³/mol. The Morgan fingerprint density at radius 3 is 2.45 bits per heavy atom. The number of nitrogens with one attached hydrogen (secondary N) is 1. The van der Waals surface area contributed by atoms with Gasteiger partial charge in [-0.1, -0.05) is 39.1 Å². The van der Waals surface area contributed by atoms with Gasteiger partial charge in [-0.25, -0.2) is 18.1 Å². The summed E-state index contributed by atoms with van der Waals surface area (Å²) in [6, 6.07) is 2.50. The molecule has 1 heterocycles. The zero-order valence-electron chi connectivity index (χ0n) is 10.1. The zero-order chi connectivity index (χ0) is 14.9. The van der Waals surface area contributed by atoms with Crippen LogP contribution >= 0.6 is 50.5 Å². The van der Waals surface area contributed by atoms with Gasteiger partial charge in [0.15, 0.2) is 0 Å². The molecular formula is C11H9BrCl2N2O2S2. The van der Waals surface area contributed by atoms with E-state index in [1.54, 1.807) is 18.5 Å².